The van der Waals surface area contributed by atoms with Crippen molar-refractivity contribution in [3.63, 3.8) is 0 Å². The number of likely N-dealkylation sites (tertiary alicyclic amines) is 1. The Balaban J connectivity index is 1.43. The average Bonchev–Trinajstić information content (AvgIpc) is 3.31. The molecule has 2 heterocycles. The van der Waals surface area contributed by atoms with Crippen molar-refractivity contribution in [2.45, 2.75) is 45.5 Å². The summed E-state index contributed by atoms with van der Waals surface area (Å²) in [4.78, 5) is 7.19. The number of aromatic nitrogens is 1. The number of halogens is 3. The normalized spacial score (nSPS) is 17.3. The zero-order valence-electron chi connectivity index (χ0n) is 17.6. The van der Waals surface area contributed by atoms with Gasteiger partial charge >= 0.3 is 6.36 Å². The van der Waals surface area contributed by atoms with E-state index in [1.165, 1.54) is 25.0 Å². The van der Waals surface area contributed by atoms with Gasteiger partial charge in [-0.15, -0.1) is 13.2 Å². The fraction of sp³-hybridized carbons (Fsp3) is 0.375. The van der Waals surface area contributed by atoms with E-state index in [4.69, 9.17) is 9.40 Å². The van der Waals surface area contributed by atoms with Gasteiger partial charge in [0, 0.05) is 24.6 Å². The van der Waals surface area contributed by atoms with Gasteiger partial charge in [-0.1, -0.05) is 24.3 Å². The van der Waals surface area contributed by atoms with Gasteiger partial charge in [-0.3, -0.25) is 0 Å². The summed E-state index contributed by atoms with van der Waals surface area (Å²) in [5, 5.41) is 0. The van der Waals surface area contributed by atoms with Crippen molar-refractivity contribution in [1.82, 2.24) is 9.88 Å². The molecule has 1 fully saturated rings. The lowest BCUT2D eigenvalue weighted by Crippen LogP contribution is -2.29. The maximum absolute atomic E-state index is 12.3. The lowest BCUT2D eigenvalue weighted by atomic mass is 10.0. The van der Waals surface area contributed by atoms with Crippen LogP contribution >= 0.6 is 0 Å². The van der Waals surface area contributed by atoms with Crippen LogP contribution in [0.25, 0.3) is 22.6 Å². The van der Waals surface area contributed by atoms with E-state index in [1.54, 1.807) is 12.1 Å². The SMILES string of the molecule is Cc1oc(-c2ccc(-c3ccc(OC(F)(F)F)cc3)cc2)nc1CCN1CCC[C@H]1C. The summed E-state index contributed by atoms with van der Waals surface area (Å²) in [6, 6.07) is 14.1. The Kier molecular flexibility index (Phi) is 6.05. The van der Waals surface area contributed by atoms with Crippen LogP contribution in [0.3, 0.4) is 0 Å². The van der Waals surface area contributed by atoms with Gasteiger partial charge in [-0.2, -0.15) is 0 Å². The van der Waals surface area contributed by atoms with E-state index in [2.05, 4.69) is 16.6 Å². The Bertz CT molecular complexity index is 1010. The highest BCUT2D eigenvalue weighted by molar-refractivity contribution is 5.68. The summed E-state index contributed by atoms with van der Waals surface area (Å²) in [5.41, 5.74) is 3.53. The first kappa shape index (κ1) is 21.4. The van der Waals surface area contributed by atoms with Gasteiger partial charge in [0.05, 0.1) is 5.69 Å². The molecule has 0 radical (unpaired) electrons. The molecular formula is C24H25F3N2O2. The number of hydrogen-bond acceptors (Lipinski definition) is 4. The molecule has 1 aromatic heterocycles. The maximum atomic E-state index is 12.3. The molecule has 164 valence electrons. The molecule has 0 amide bonds. The molecule has 1 saturated heterocycles. The minimum absolute atomic E-state index is 0.237. The van der Waals surface area contributed by atoms with Gasteiger partial charge in [-0.25, -0.2) is 4.98 Å². The summed E-state index contributed by atoms with van der Waals surface area (Å²) < 4.78 is 46.7. The second-order valence-corrected chi connectivity index (χ2v) is 7.95. The van der Waals surface area contributed by atoms with Gasteiger partial charge < -0.3 is 14.1 Å². The van der Waals surface area contributed by atoms with E-state index in [0.29, 0.717) is 11.9 Å². The monoisotopic (exact) mass is 430 g/mol. The number of nitrogens with zero attached hydrogens (tertiary/aromatic N) is 2. The van der Waals surface area contributed by atoms with Crippen LogP contribution in [0.2, 0.25) is 0 Å². The van der Waals surface area contributed by atoms with Crippen LogP contribution in [0.4, 0.5) is 13.2 Å². The molecule has 2 aromatic carbocycles. The van der Waals surface area contributed by atoms with Crippen LogP contribution in [-0.2, 0) is 6.42 Å². The Morgan fingerprint density at radius 2 is 1.65 bits per heavy atom. The predicted octanol–water partition coefficient (Wildman–Crippen LogP) is 6.24. The van der Waals surface area contributed by atoms with Crippen molar-refractivity contribution in [2.24, 2.45) is 0 Å². The Labute approximate surface area is 179 Å². The topological polar surface area (TPSA) is 38.5 Å². The molecule has 31 heavy (non-hydrogen) atoms. The molecule has 0 bridgehead atoms. The second kappa shape index (κ2) is 8.75. The van der Waals surface area contributed by atoms with E-state index in [1.807, 2.05) is 31.2 Å². The highest BCUT2D eigenvalue weighted by Gasteiger charge is 2.31. The van der Waals surface area contributed by atoms with Gasteiger partial charge in [-0.05, 0) is 68.6 Å². The molecule has 1 aliphatic heterocycles. The van der Waals surface area contributed by atoms with Crippen molar-refractivity contribution < 1.29 is 22.3 Å². The quantitative estimate of drug-likeness (QED) is 0.464. The van der Waals surface area contributed by atoms with Gasteiger partial charge in [0.2, 0.25) is 5.89 Å². The van der Waals surface area contributed by atoms with E-state index in [-0.39, 0.29) is 5.75 Å². The molecule has 0 N–H and O–H groups in total. The highest BCUT2D eigenvalue weighted by atomic mass is 19.4. The third-order valence-corrected chi connectivity index (χ3v) is 5.77. The molecule has 0 saturated carbocycles. The zero-order valence-corrected chi connectivity index (χ0v) is 17.6. The Morgan fingerprint density at radius 3 is 2.23 bits per heavy atom. The molecule has 4 nitrogen and oxygen atoms in total. The Hall–Kier alpha value is -2.80. The largest absolute Gasteiger partial charge is 0.573 e. The van der Waals surface area contributed by atoms with Crippen molar-refractivity contribution >= 4 is 0 Å². The number of ether oxygens (including phenoxy) is 1. The lowest BCUT2D eigenvalue weighted by molar-refractivity contribution is -0.274. The number of alkyl halides is 3. The standard InChI is InChI=1S/C24H25F3N2O2/c1-16-4-3-14-29(16)15-13-22-17(2)30-23(28-22)20-7-5-18(6-8-20)19-9-11-21(12-10-19)31-24(25,26)27/h5-12,16H,3-4,13-15H2,1-2H3/t16-/m1/s1. The number of aryl methyl sites for hydroxylation is 1. The third-order valence-electron chi connectivity index (χ3n) is 5.77. The van der Waals surface area contributed by atoms with Crippen LogP contribution in [0.15, 0.2) is 52.9 Å². The van der Waals surface area contributed by atoms with Crippen LogP contribution in [-0.4, -0.2) is 35.4 Å². The van der Waals surface area contributed by atoms with Crippen LogP contribution < -0.4 is 4.74 Å². The molecule has 7 heteroatoms. The van der Waals surface area contributed by atoms with Crippen LogP contribution in [0, 0.1) is 6.92 Å². The first-order chi connectivity index (χ1) is 14.8. The summed E-state index contributed by atoms with van der Waals surface area (Å²) in [6.07, 6.45) is -1.31. The van der Waals surface area contributed by atoms with Crippen molar-refractivity contribution in [3.8, 4) is 28.3 Å². The lowest BCUT2D eigenvalue weighted by Gasteiger charge is -2.20. The summed E-state index contributed by atoms with van der Waals surface area (Å²) in [5.74, 6) is 1.19. The van der Waals surface area contributed by atoms with Crippen molar-refractivity contribution in [2.75, 3.05) is 13.1 Å². The van der Waals surface area contributed by atoms with Crippen LogP contribution in [0.5, 0.6) is 5.75 Å². The maximum Gasteiger partial charge on any atom is 0.573 e. The van der Waals surface area contributed by atoms with Gasteiger partial charge in [0.1, 0.15) is 11.5 Å². The molecule has 4 rings (SSSR count). The summed E-state index contributed by atoms with van der Waals surface area (Å²) in [6.45, 7) is 6.35. The Morgan fingerprint density at radius 1 is 1.03 bits per heavy atom. The zero-order chi connectivity index (χ0) is 22.0. The molecule has 0 aliphatic carbocycles. The number of rotatable bonds is 6. The van der Waals surface area contributed by atoms with E-state index >= 15 is 0 Å². The molecular weight excluding hydrogens is 405 g/mol. The van der Waals surface area contributed by atoms with E-state index in [0.717, 1.165) is 47.7 Å². The smallest absolute Gasteiger partial charge is 0.441 e. The summed E-state index contributed by atoms with van der Waals surface area (Å²) >= 11 is 0. The number of hydrogen-bond donors (Lipinski definition) is 0. The second-order valence-electron chi connectivity index (χ2n) is 7.95. The number of oxazole rings is 1. The first-order valence-corrected chi connectivity index (χ1v) is 10.5. The first-order valence-electron chi connectivity index (χ1n) is 10.5. The molecule has 0 unspecified atom stereocenters. The van der Waals surface area contributed by atoms with E-state index in [9.17, 15) is 13.2 Å². The fourth-order valence-corrected chi connectivity index (χ4v) is 4.01. The fourth-order valence-electron chi connectivity index (χ4n) is 4.01. The van der Waals surface area contributed by atoms with Gasteiger partial charge in [0.25, 0.3) is 0 Å². The van der Waals surface area contributed by atoms with Crippen LogP contribution in [0.1, 0.15) is 31.2 Å². The predicted molar refractivity (Wildman–Crippen MR) is 113 cm³/mol. The van der Waals surface area contributed by atoms with E-state index < -0.39 is 6.36 Å². The highest BCUT2D eigenvalue weighted by Crippen LogP contribution is 2.29. The summed E-state index contributed by atoms with van der Waals surface area (Å²) in [7, 11) is 0. The number of benzene rings is 2. The minimum atomic E-state index is -4.69. The third kappa shape index (κ3) is 5.28. The minimum Gasteiger partial charge on any atom is -0.441 e. The average molecular weight is 430 g/mol. The van der Waals surface area contributed by atoms with Crippen molar-refractivity contribution in [3.05, 3.63) is 60.0 Å². The molecule has 3 aromatic rings. The van der Waals surface area contributed by atoms with Crippen molar-refractivity contribution in [1.29, 1.82) is 0 Å². The molecule has 1 atom stereocenters. The molecule has 1 aliphatic rings. The van der Waals surface area contributed by atoms with Gasteiger partial charge in [0.15, 0.2) is 0 Å². The molecule has 0 spiro atoms.